The van der Waals surface area contributed by atoms with Crippen LogP contribution in [-0.4, -0.2) is 22.4 Å². The summed E-state index contributed by atoms with van der Waals surface area (Å²) < 4.78 is 0. The van der Waals surface area contributed by atoms with Gasteiger partial charge in [-0.1, -0.05) is 29.3 Å². The molecular formula is C16H13Cl2N3OS. The van der Waals surface area contributed by atoms with Crippen molar-refractivity contribution in [2.24, 2.45) is 0 Å². The van der Waals surface area contributed by atoms with Gasteiger partial charge in [-0.25, -0.2) is 4.98 Å². The van der Waals surface area contributed by atoms with Crippen LogP contribution in [0.1, 0.15) is 16.2 Å². The highest BCUT2D eigenvalue weighted by Gasteiger charge is 2.11. The van der Waals surface area contributed by atoms with Gasteiger partial charge in [0.15, 0.2) is 0 Å². The van der Waals surface area contributed by atoms with Crippen LogP contribution in [0.4, 0.5) is 0 Å². The van der Waals surface area contributed by atoms with E-state index in [0.29, 0.717) is 28.6 Å². The third-order valence-electron chi connectivity index (χ3n) is 3.24. The predicted octanol–water partition coefficient (Wildman–Crippen LogP) is 4.42. The Labute approximate surface area is 147 Å². The molecule has 4 nitrogen and oxygen atoms in total. The summed E-state index contributed by atoms with van der Waals surface area (Å²) in [6.45, 7) is 0.457. The van der Waals surface area contributed by atoms with Crippen LogP contribution in [-0.2, 0) is 6.42 Å². The number of benzene rings is 1. The average molecular weight is 366 g/mol. The third kappa shape index (κ3) is 3.93. The minimum Gasteiger partial charge on any atom is -0.352 e. The van der Waals surface area contributed by atoms with E-state index in [2.05, 4.69) is 15.3 Å². The summed E-state index contributed by atoms with van der Waals surface area (Å²) in [5.41, 5.74) is 1.36. The summed E-state index contributed by atoms with van der Waals surface area (Å²) in [5.74, 6) is 0.577. The van der Waals surface area contributed by atoms with E-state index in [1.54, 1.807) is 35.7 Å². The van der Waals surface area contributed by atoms with Crippen LogP contribution in [0.5, 0.6) is 0 Å². The van der Waals surface area contributed by atoms with Crippen LogP contribution >= 0.6 is 34.5 Å². The minimum absolute atomic E-state index is 0.248. The molecule has 7 heteroatoms. The molecule has 0 fully saturated rings. The van der Waals surface area contributed by atoms with Gasteiger partial charge < -0.3 is 10.3 Å². The van der Waals surface area contributed by atoms with E-state index in [4.69, 9.17) is 23.2 Å². The number of hydrogen-bond acceptors (Lipinski definition) is 3. The highest BCUT2D eigenvalue weighted by molar-refractivity contribution is 7.13. The number of carbonyl (C=O) groups excluding carboxylic acids is 1. The number of halogens is 2. The second kappa shape index (κ2) is 7.17. The van der Waals surface area contributed by atoms with Crippen LogP contribution < -0.4 is 5.32 Å². The predicted molar refractivity (Wildman–Crippen MR) is 94.4 cm³/mol. The monoisotopic (exact) mass is 365 g/mol. The fourth-order valence-corrected chi connectivity index (χ4v) is 3.17. The summed E-state index contributed by atoms with van der Waals surface area (Å²) in [7, 11) is 0. The number of rotatable bonds is 5. The van der Waals surface area contributed by atoms with Crippen molar-refractivity contribution in [3.63, 3.8) is 0 Å². The molecule has 2 heterocycles. The molecule has 3 rings (SSSR count). The topological polar surface area (TPSA) is 57.8 Å². The molecule has 2 aromatic heterocycles. The molecule has 0 atom stereocenters. The number of hydrogen-bond donors (Lipinski definition) is 2. The summed E-state index contributed by atoms with van der Waals surface area (Å²) in [5, 5.41) is 5.70. The summed E-state index contributed by atoms with van der Waals surface area (Å²) >= 11 is 13.6. The fraction of sp³-hybridized carbons (Fsp3) is 0.125. The van der Waals surface area contributed by atoms with Gasteiger partial charge in [0.2, 0.25) is 0 Å². The number of H-pyrrole nitrogens is 1. The van der Waals surface area contributed by atoms with Crippen molar-refractivity contribution < 1.29 is 4.79 Å². The number of imidazole rings is 1. The van der Waals surface area contributed by atoms with Crippen molar-refractivity contribution in [1.29, 1.82) is 0 Å². The molecule has 0 saturated carbocycles. The van der Waals surface area contributed by atoms with Gasteiger partial charge in [-0.05, 0) is 29.6 Å². The molecule has 1 aromatic carbocycles. The van der Waals surface area contributed by atoms with Crippen LogP contribution in [0.25, 0.3) is 10.6 Å². The van der Waals surface area contributed by atoms with Crippen LogP contribution in [0, 0.1) is 0 Å². The molecule has 1 amide bonds. The molecule has 0 bridgehead atoms. The smallest absolute Gasteiger partial charge is 0.252 e. The SMILES string of the molecule is O=C(NCCc1ncc(-c2cccs2)[nH]1)c1cc(Cl)ccc1Cl. The van der Waals surface area contributed by atoms with Gasteiger partial charge in [0.25, 0.3) is 5.91 Å². The van der Waals surface area contributed by atoms with Gasteiger partial charge in [0, 0.05) is 18.0 Å². The normalized spacial score (nSPS) is 10.7. The maximum atomic E-state index is 12.1. The number of amides is 1. The van der Waals surface area contributed by atoms with Gasteiger partial charge in [-0.15, -0.1) is 11.3 Å². The molecule has 0 saturated heterocycles. The highest BCUT2D eigenvalue weighted by Crippen LogP contribution is 2.22. The van der Waals surface area contributed by atoms with Crippen molar-refractivity contribution in [2.45, 2.75) is 6.42 Å². The molecule has 0 aliphatic heterocycles. The zero-order chi connectivity index (χ0) is 16.2. The Bertz CT molecular complexity index is 815. The number of nitrogens with one attached hydrogen (secondary N) is 2. The van der Waals surface area contributed by atoms with E-state index in [0.717, 1.165) is 16.4 Å². The third-order valence-corrected chi connectivity index (χ3v) is 4.70. The van der Waals surface area contributed by atoms with Crippen LogP contribution in [0.2, 0.25) is 10.0 Å². The van der Waals surface area contributed by atoms with Gasteiger partial charge in [-0.3, -0.25) is 4.79 Å². The largest absolute Gasteiger partial charge is 0.352 e. The van der Waals surface area contributed by atoms with Crippen LogP contribution in [0.15, 0.2) is 41.9 Å². The lowest BCUT2D eigenvalue weighted by atomic mass is 10.2. The number of nitrogens with zero attached hydrogens (tertiary/aromatic N) is 1. The van der Waals surface area contributed by atoms with Crippen molar-refractivity contribution in [2.75, 3.05) is 6.54 Å². The molecule has 0 aliphatic rings. The first-order valence-corrected chi connectivity index (χ1v) is 8.58. The Morgan fingerprint density at radius 3 is 2.96 bits per heavy atom. The van der Waals surface area contributed by atoms with Crippen molar-refractivity contribution in [3.8, 4) is 10.6 Å². The van der Waals surface area contributed by atoms with Crippen molar-refractivity contribution >= 4 is 40.4 Å². The first-order chi connectivity index (χ1) is 11.1. The molecule has 118 valence electrons. The van der Waals surface area contributed by atoms with Gasteiger partial charge in [0.05, 0.1) is 27.4 Å². The number of aromatic nitrogens is 2. The van der Waals surface area contributed by atoms with E-state index < -0.39 is 0 Å². The maximum Gasteiger partial charge on any atom is 0.252 e. The van der Waals surface area contributed by atoms with Gasteiger partial charge >= 0.3 is 0 Å². The Morgan fingerprint density at radius 2 is 2.17 bits per heavy atom. The molecule has 0 aliphatic carbocycles. The number of carbonyl (C=O) groups is 1. The Morgan fingerprint density at radius 1 is 1.30 bits per heavy atom. The standard InChI is InChI=1S/C16H13Cl2N3OS/c17-10-3-4-12(18)11(8-10)16(22)19-6-5-15-20-9-13(21-15)14-2-1-7-23-14/h1-4,7-9H,5-6H2,(H,19,22)(H,20,21). The lowest BCUT2D eigenvalue weighted by molar-refractivity contribution is 0.0954. The Kier molecular flexibility index (Phi) is 5.00. The summed E-state index contributed by atoms with van der Waals surface area (Å²) in [6.07, 6.45) is 2.41. The zero-order valence-corrected chi connectivity index (χ0v) is 14.3. The highest BCUT2D eigenvalue weighted by atomic mass is 35.5. The molecular weight excluding hydrogens is 353 g/mol. The first kappa shape index (κ1) is 16.1. The van der Waals surface area contributed by atoms with Gasteiger partial charge in [-0.2, -0.15) is 0 Å². The molecule has 3 aromatic rings. The fourth-order valence-electron chi connectivity index (χ4n) is 2.11. The Balaban J connectivity index is 1.57. The zero-order valence-electron chi connectivity index (χ0n) is 12.0. The van der Waals surface area contributed by atoms with E-state index >= 15 is 0 Å². The first-order valence-electron chi connectivity index (χ1n) is 6.94. The summed E-state index contributed by atoms with van der Waals surface area (Å²) in [6, 6.07) is 8.84. The second-order valence-corrected chi connectivity index (χ2v) is 6.64. The second-order valence-electron chi connectivity index (χ2n) is 4.85. The molecule has 0 radical (unpaired) electrons. The average Bonchev–Trinajstić information content (AvgIpc) is 3.20. The summed E-state index contributed by atoms with van der Waals surface area (Å²) in [4.78, 5) is 20.8. The molecule has 2 N–H and O–H groups in total. The number of aromatic amines is 1. The van der Waals surface area contributed by atoms with E-state index in [1.165, 1.54) is 0 Å². The molecule has 0 spiro atoms. The van der Waals surface area contributed by atoms with Crippen LogP contribution in [0.3, 0.4) is 0 Å². The molecule has 23 heavy (non-hydrogen) atoms. The lowest BCUT2D eigenvalue weighted by Crippen LogP contribution is -2.26. The quantitative estimate of drug-likeness (QED) is 0.702. The number of thiophene rings is 1. The van der Waals surface area contributed by atoms with E-state index in [-0.39, 0.29) is 5.91 Å². The van der Waals surface area contributed by atoms with Crippen molar-refractivity contribution in [1.82, 2.24) is 15.3 Å². The minimum atomic E-state index is -0.248. The Hall–Kier alpha value is -1.82. The van der Waals surface area contributed by atoms with Gasteiger partial charge in [0.1, 0.15) is 5.82 Å². The molecule has 0 unspecified atom stereocenters. The van der Waals surface area contributed by atoms with E-state index in [9.17, 15) is 4.79 Å². The lowest BCUT2D eigenvalue weighted by Gasteiger charge is -2.06. The van der Waals surface area contributed by atoms with E-state index in [1.807, 2.05) is 17.5 Å². The van der Waals surface area contributed by atoms with Crippen molar-refractivity contribution in [3.05, 3.63) is 63.3 Å². The maximum absolute atomic E-state index is 12.1.